The van der Waals surface area contributed by atoms with Crippen LogP contribution in [0.25, 0.3) is 0 Å². The third-order valence-electron chi connectivity index (χ3n) is 1.78. The molecule has 1 aromatic carbocycles. The summed E-state index contributed by atoms with van der Waals surface area (Å²) < 4.78 is 5.11. The van der Waals surface area contributed by atoms with Crippen molar-refractivity contribution < 1.29 is 4.74 Å². The van der Waals surface area contributed by atoms with Crippen LogP contribution in [0.5, 0.6) is 5.75 Å². The van der Waals surface area contributed by atoms with Gasteiger partial charge in [0.2, 0.25) is 0 Å². The van der Waals surface area contributed by atoms with E-state index in [1.807, 2.05) is 18.2 Å². The predicted octanol–water partition coefficient (Wildman–Crippen LogP) is 0.743. The van der Waals surface area contributed by atoms with Crippen LogP contribution < -0.4 is 15.8 Å². The summed E-state index contributed by atoms with van der Waals surface area (Å²) in [5.74, 6) is 0.895. The number of hydrogen-bond donors (Lipinski definition) is 2. The Labute approximate surface area is 78.9 Å². The summed E-state index contributed by atoms with van der Waals surface area (Å²) in [5, 5.41) is 3.22. The van der Waals surface area contributed by atoms with Crippen LogP contribution in [0.3, 0.4) is 0 Å². The summed E-state index contributed by atoms with van der Waals surface area (Å²) in [5.41, 5.74) is 6.58. The zero-order valence-corrected chi connectivity index (χ0v) is 7.92. The van der Waals surface area contributed by atoms with E-state index in [-0.39, 0.29) is 0 Å². The molecular formula is C10H16N2O. The van der Waals surface area contributed by atoms with E-state index in [2.05, 4.69) is 11.4 Å². The summed E-state index contributed by atoms with van der Waals surface area (Å²) in [4.78, 5) is 0. The first-order valence-electron chi connectivity index (χ1n) is 4.40. The minimum absolute atomic E-state index is 0.671. The van der Waals surface area contributed by atoms with Gasteiger partial charge in [0, 0.05) is 19.6 Å². The molecule has 0 heterocycles. The molecule has 0 aliphatic rings. The average molecular weight is 180 g/mol. The molecule has 3 heteroatoms. The van der Waals surface area contributed by atoms with Crippen molar-refractivity contribution in [3.63, 3.8) is 0 Å². The molecule has 1 rings (SSSR count). The lowest BCUT2D eigenvalue weighted by Gasteiger charge is -2.05. The van der Waals surface area contributed by atoms with Crippen LogP contribution in [0.2, 0.25) is 0 Å². The topological polar surface area (TPSA) is 47.3 Å². The number of hydrogen-bond acceptors (Lipinski definition) is 3. The van der Waals surface area contributed by atoms with Crippen molar-refractivity contribution >= 4 is 0 Å². The van der Waals surface area contributed by atoms with E-state index in [9.17, 15) is 0 Å². The van der Waals surface area contributed by atoms with Crippen molar-refractivity contribution in [2.75, 3.05) is 20.2 Å². The lowest BCUT2D eigenvalue weighted by Crippen LogP contribution is -2.21. The Hall–Kier alpha value is -1.06. The van der Waals surface area contributed by atoms with Crippen molar-refractivity contribution in [1.82, 2.24) is 5.32 Å². The first-order chi connectivity index (χ1) is 6.36. The average Bonchev–Trinajstić information content (AvgIpc) is 2.19. The Morgan fingerprint density at radius 1 is 1.46 bits per heavy atom. The third kappa shape index (κ3) is 3.44. The third-order valence-corrected chi connectivity index (χ3v) is 1.78. The molecule has 3 nitrogen and oxygen atoms in total. The SMILES string of the molecule is COc1cccc(CNCCN)c1. The first-order valence-corrected chi connectivity index (χ1v) is 4.40. The van der Waals surface area contributed by atoms with E-state index < -0.39 is 0 Å². The fourth-order valence-corrected chi connectivity index (χ4v) is 1.12. The number of nitrogens with one attached hydrogen (secondary N) is 1. The lowest BCUT2D eigenvalue weighted by atomic mass is 10.2. The number of benzene rings is 1. The van der Waals surface area contributed by atoms with E-state index in [4.69, 9.17) is 10.5 Å². The van der Waals surface area contributed by atoms with Crippen molar-refractivity contribution in [3.05, 3.63) is 29.8 Å². The van der Waals surface area contributed by atoms with Crippen LogP contribution in [-0.2, 0) is 6.54 Å². The largest absolute Gasteiger partial charge is 0.497 e. The Morgan fingerprint density at radius 2 is 2.31 bits per heavy atom. The van der Waals surface area contributed by atoms with E-state index >= 15 is 0 Å². The molecule has 0 aromatic heterocycles. The normalized spacial score (nSPS) is 10.0. The summed E-state index contributed by atoms with van der Waals surface area (Å²) in [6.07, 6.45) is 0. The summed E-state index contributed by atoms with van der Waals surface area (Å²) in [6.45, 7) is 2.36. The maximum absolute atomic E-state index is 5.36. The smallest absolute Gasteiger partial charge is 0.119 e. The highest BCUT2D eigenvalue weighted by Crippen LogP contribution is 2.11. The van der Waals surface area contributed by atoms with Gasteiger partial charge < -0.3 is 15.8 Å². The van der Waals surface area contributed by atoms with E-state index in [1.54, 1.807) is 7.11 Å². The monoisotopic (exact) mass is 180 g/mol. The molecule has 3 N–H and O–H groups in total. The molecule has 0 saturated heterocycles. The Kier molecular flexibility index (Phi) is 4.29. The molecule has 0 amide bonds. The second-order valence-electron chi connectivity index (χ2n) is 2.82. The van der Waals surface area contributed by atoms with Gasteiger partial charge in [0.1, 0.15) is 5.75 Å². The maximum atomic E-state index is 5.36. The van der Waals surface area contributed by atoms with Gasteiger partial charge in [-0.1, -0.05) is 12.1 Å². The molecule has 0 aliphatic carbocycles. The molecule has 0 unspecified atom stereocenters. The highest BCUT2D eigenvalue weighted by molar-refractivity contribution is 5.28. The predicted molar refractivity (Wildman–Crippen MR) is 53.8 cm³/mol. The summed E-state index contributed by atoms with van der Waals surface area (Å²) in [7, 11) is 1.67. The Morgan fingerprint density at radius 3 is 3.00 bits per heavy atom. The van der Waals surface area contributed by atoms with Crippen molar-refractivity contribution in [2.24, 2.45) is 5.73 Å². The van der Waals surface area contributed by atoms with E-state index in [0.717, 1.165) is 18.8 Å². The van der Waals surface area contributed by atoms with Gasteiger partial charge in [0.25, 0.3) is 0 Å². The van der Waals surface area contributed by atoms with Crippen molar-refractivity contribution in [2.45, 2.75) is 6.54 Å². The van der Waals surface area contributed by atoms with Crippen LogP contribution >= 0.6 is 0 Å². The van der Waals surface area contributed by atoms with Gasteiger partial charge in [-0.05, 0) is 17.7 Å². The summed E-state index contributed by atoms with van der Waals surface area (Å²) in [6, 6.07) is 8.00. The molecule has 13 heavy (non-hydrogen) atoms. The fourth-order valence-electron chi connectivity index (χ4n) is 1.12. The van der Waals surface area contributed by atoms with Crippen molar-refractivity contribution in [1.29, 1.82) is 0 Å². The van der Waals surface area contributed by atoms with E-state index in [0.29, 0.717) is 6.54 Å². The first kappa shape index (κ1) is 10.0. The van der Waals surface area contributed by atoms with Crippen LogP contribution in [0.1, 0.15) is 5.56 Å². The van der Waals surface area contributed by atoms with Crippen LogP contribution in [0.15, 0.2) is 24.3 Å². The van der Waals surface area contributed by atoms with Gasteiger partial charge in [0.05, 0.1) is 7.11 Å². The number of methoxy groups -OCH3 is 1. The molecule has 0 radical (unpaired) electrons. The van der Waals surface area contributed by atoms with Gasteiger partial charge in [0.15, 0.2) is 0 Å². The molecule has 1 aromatic rings. The quantitative estimate of drug-likeness (QED) is 0.657. The number of nitrogens with two attached hydrogens (primary N) is 1. The standard InChI is InChI=1S/C10H16N2O/c1-13-10-4-2-3-9(7-10)8-12-6-5-11/h2-4,7,12H,5-6,8,11H2,1H3. The van der Waals surface area contributed by atoms with E-state index in [1.165, 1.54) is 5.56 Å². The second-order valence-corrected chi connectivity index (χ2v) is 2.82. The van der Waals surface area contributed by atoms with Gasteiger partial charge >= 0.3 is 0 Å². The molecule has 0 bridgehead atoms. The zero-order valence-electron chi connectivity index (χ0n) is 7.92. The fraction of sp³-hybridized carbons (Fsp3) is 0.400. The molecule has 0 atom stereocenters. The summed E-state index contributed by atoms with van der Waals surface area (Å²) >= 11 is 0. The van der Waals surface area contributed by atoms with Crippen LogP contribution in [0.4, 0.5) is 0 Å². The van der Waals surface area contributed by atoms with Gasteiger partial charge in [-0.2, -0.15) is 0 Å². The van der Waals surface area contributed by atoms with Crippen LogP contribution in [0, 0.1) is 0 Å². The van der Waals surface area contributed by atoms with Gasteiger partial charge in [-0.15, -0.1) is 0 Å². The molecule has 0 aliphatic heterocycles. The number of ether oxygens (including phenoxy) is 1. The molecule has 0 saturated carbocycles. The zero-order chi connectivity index (χ0) is 9.52. The highest BCUT2D eigenvalue weighted by atomic mass is 16.5. The molecule has 0 fully saturated rings. The molecule has 0 spiro atoms. The highest BCUT2D eigenvalue weighted by Gasteiger charge is 1.94. The molecular weight excluding hydrogens is 164 g/mol. The van der Waals surface area contributed by atoms with Crippen molar-refractivity contribution in [3.8, 4) is 5.75 Å². The van der Waals surface area contributed by atoms with Gasteiger partial charge in [-0.25, -0.2) is 0 Å². The second kappa shape index (κ2) is 5.56. The Balaban J connectivity index is 2.46. The van der Waals surface area contributed by atoms with Gasteiger partial charge in [-0.3, -0.25) is 0 Å². The number of rotatable bonds is 5. The maximum Gasteiger partial charge on any atom is 0.119 e. The van der Waals surface area contributed by atoms with Crippen LogP contribution in [-0.4, -0.2) is 20.2 Å². The molecule has 72 valence electrons. The Bertz CT molecular complexity index is 250. The lowest BCUT2D eigenvalue weighted by molar-refractivity contribution is 0.414. The minimum atomic E-state index is 0.671. The minimum Gasteiger partial charge on any atom is -0.497 e.